The van der Waals surface area contributed by atoms with E-state index in [9.17, 15) is 0 Å². The van der Waals surface area contributed by atoms with Crippen molar-refractivity contribution in [3.05, 3.63) is 431 Å². The second kappa shape index (κ2) is 34.4. The van der Waals surface area contributed by atoms with Gasteiger partial charge in [-0.2, -0.15) is 70.6 Å². The Morgan fingerprint density at radius 3 is 0.228 bits per heavy atom. The molecule has 0 aliphatic carbocycles. The Morgan fingerprint density at radius 1 is 0.0877 bits per heavy atom. The minimum atomic E-state index is 0.931. The third-order valence-electron chi connectivity index (χ3n) is 22.4. The van der Waals surface area contributed by atoms with Crippen molar-refractivity contribution >= 4 is 70.6 Å². The van der Waals surface area contributed by atoms with Crippen LogP contribution in [0.2, 0.25) is 0 Å². The normalized spacial score (nSPS) is 13.7. The molecule has 36 bridgehead atoms. The van der Waals surface area contributed by atoms with Crippen molar-refractivity contribution in [1.29, 1.82) is 0 Å². The van der Waals surface area contributed by atoms with Gasteiger partial charge >= 0.3 is 0 Å². The van der Waals surface area contributed by atoms with Gasteiger partial charge in [0.2, 0.25) is 0 Å². The van der Waals surface area contributed by atoms with Gasteiger partial charge < -0.3 is 0 Å². The Bertz CT molecular complexity index is 4640. The fraction of sp³-hybridized carbons (Fsp3) is 0.111. The van der Waals surface area contributed by atoms with Gasteiger partial charge in [0.05, 0.1) is 0 Å². The summed E-state index contributed by atoms with van der Waals surface area (Å²) >= 11 is 11.9. The van der Waals surface area contributed by atoms with Crippen molar-refractivity contribution in [3.63, 3.8) is 0 Å². The topological polar surface area (TPSA) is 0 Å². The van der Waals surface area contributed by atoms with Crippen LogP contribution in [0.4, 0.5) is 0 Å². The maximum absolute atomic E-state index is 2.39. The second-order valence-electron chi connectivity index (χ2n) is 30.5. The largest absolute Gasteiger partial charge is 0.152 e. The minimum Gasteiger partial charge on any atom is -0.152 e. The quantitative estimate of drug-likeness (QED) is 0.147. The molecule has 0 aromatic heterocycles. The van der Waals surface area contributed by atoms with E-state index in [1.807, 2.05) is 70.6 Å². The van der Waals surface area contributed by atoms with Crippen molar-refractivity contribution < 1.29 is 0 Å². The first kappa shape index (κ1) is 73.8. The second-order valence-corrected chi connectivity index (χ2v) is 36.4. The van der Waals surface area contributed by atoms with Crippen LogP contribution in [0.25, 0.3) is 134 Å². The number of rotatable bonds is 0. The molecule has 0 fully saturated rings. The van der Waals surface area contributed by atoms with Crippen LogP contribution in [-0.2, 0) is 69.0 Å². The maximum Gasteiger partial charge on any atom is 0.0187 e. The summed E-state index contributed by atoms with van der Waals surface area (Å²) in [5.74, 6) is 11.2. The maximum atomic E-state index is 2.39. The van der Waals surface area contributed by atoms with Gasteiger partial charge in [-0.3, -0.25) is 0 Å². The highest BCUT2D eigenvalue weighted by Gasteiger charge is 2.17. The summed E-state index contributed by atoms with van der Waals surface area (Å²) in [5, 5.41) is 0. The predicted octanol–water partition coefficient (Wildman–Crippen LogP) is 31.2. The van der Waals surface area contributed by atoms with Crippen molar-refractivity contribution in [2.45, 2.75) is 69.0 Å². The molecule has 0 saturated heterocycles. The monoisotopic (exact) mass is 1570 g/mol. The molecule has 52 aliphatic rings. The molecule has 0 N–H and O–H groups in total. The van der Waals surface area contributed by atoms with Gasteiger partial charge in [-0.25, -0.2) is 0 Å². The standard InChI is InChI=1S/C108H84S6/c1-25-85-26-2-73(1)61-109-62-74-3-27-88(28-4-74)100-52-101-54-102(53-100)90-35-11-80(12-36-90)68-113-70-82-19-43-94(44-20-82)106-56-104-58-108(60-106)96-47-23-84(24-48-96)72-114-71-83-21-45-95(46-22-83)107-57-103(55-105(59-107)93-41-17-81(18-42-93)69-112-67-79-9-33-89(101)34-10-79)91-37-13-77(14-38-91)65-110-63-75-5-29-86(30-6-75)98-49-97(85)50-99(51-98)87-31-7-76(8-32-87)64-111-66-78-15-39-92(104)40-16-78/h1-60H,61-72H2. The minimum absolute atomic E-state index is 0.931. The molecule has 68 rings (SSSR count). The number of hydrogen-bond donors (Lipinski definition) is 0. The summed E-state index contributed by atoms with van der Waals surface area (Å²) in [4.78, 5) is 0. The molecule has 16 aromatic carbocycles. The lowest BCUT2D eigenvalue weighted by Gasteiger charge is -2.14. The molecule has 16 aromatic rings. The van der Waals surface area contributed by atoms with Crippen LogP contribution in [0.15, 0.2) is 364 Å². The summed E-state index contributed by atoms with van der Waals surface area (Å²) in [6.45, 7) is 0. The van der Waals surface area contributed by atoms with E-state index < -0.39 is 0 Å². The van der Waals surface area contributed by atoms with Crippen LogP contribution in [0.1, 0.15) is 66.8 Å². The smallest absolute Gasteiger partial charge is 0.0187 e. The molecule has 52 aliphatic heterocycles. The van der Waals surface area contributed by atoms with Crippen LogP contribution >= 0.6 is 70.6 Å². The Morgan fingerprint density at radius 2 is 0.158 bits per heavy atom. The van der Waals surface area contributed by atoms with Gasteiger partial charge in [0, 0.05) is 69.0 Å². The lowest BCUT2D eigenvalue weighted by Crippen LogP contribution is -1.90. The van der Waals surface area contributed by atoms with Crippen LogP contribution in [0.3, 0.4) is 0 Å². The van der Waals surface area contributed by atoms with Gasteiger partial charge in [-0.15, -0.1) is 0 Å². The van der Waals surface area contributed by atoms with Gasteiger partial charge in [0.1, 0.15) is 0 Å². The van der Waals surface area contributed by atoms with Crippen molar-refractivity contribution in [1.82, 2.24) is 0 Å². The molecule has 0 radical (unpaired) electrons. The average molecular weight is 1570 g/mol. The number of hydrogen-bond acceptors (Lipinski definition) is 6. The summed E-state index contributed by atoms with van der Waals surface area (Å²) in [6.07, 6.45) is 0. The summed E-state index contributed by atoms with van der Waals surface area (Å²) in [7, 11) is 0. The molecular formula is C108H84S6. The first-order chi connectivity index (χ1) is 56.3. The lowest BCUT2D eigenvalue weighted by atomic mass is 9.92. The van der Waals surface area contributed by atoms with Crippen LogP contribution in [0, 0.1) is 0 Å². The molecule has 52 heterocycles. The van der Waals surface area contributed by atoms with Crippen LogP contribution < -0.4 is 0 Å². The molecule has 6 heteroatoms. The van der Waals surface area contributed by atoms with Gasteiger partial charge in [-0.05, 0) is 273 Å². The fourth-order valence-electron chi connectivity index (χ4n) is 15.8. The molecule has 0 atom stereocenters. The zero-order valence-electron chi connectivity index (χ0n) is 63.6. The Kier molecular flexibility index (Phi) is 22.2. The summed E-state index contributed by atoms with van der Waals surface area (Å²) in [6, 6.07) is 141. The highest BCUT2D eigenvalue weighted by atomic mass is 32.2. The third-order valence-corrected chi connectivity index (χ3v) is 28.9. The van der Waals surface area contributed by atoms with Crippen molar-refractivity contribution in [2.24, 2.45) is 0 Å². The Labute approximate surface area is 697 Å². The zero-order valence-corrected chi connectivity index (χ0v) is 68.5. The average Bonchev–Trinajstić information content (AvgIpc) is 0.811. The van der Waals surface area contributed by atoms with Gasteiger partial charge in [0.25, 0.3) is 0 Å². The summed E-state index contributed by atoms with van der Waals surface area (Å²) in [5.41, 5.74) is 45.2. The molecule has 0 unspecified atom stereocenters. The fourth-order valence-corrected chi connectivity index (χ4v) is 21.5. The Hall–Kier alpha value is -10.4. The van der Waals surface area contributed by atoms with E-state index in [-0.39, 0.29) is 0 Å². The third kappa shape index (κ3) is 17.6. The van der Waals surface area contributed by atoms with E-state index in [4.69, 9.17) is 0 Å². The zero-order chi connectivity index (χ0) is 75.9. The van der Waals surface area contributed by atoms with E-state index >= 15 is 0 Å². The van der Waals surface area contributed by atoms with Gasteiger partial charge in [0.15, 0.2) is 0 Å². The molecule has 114 heavy (non-hydrogen) atoms. The molecule has 0 amide bonds. The van der Waals surface area contributed by atoms with E-state index in [0.29, 0.717) is 0 Å². The van der Waals surface area contributed by atoms with Crippen molar-refractivity contribution in [3.8, 4) is 134 Å². The molecule has 0 spiro atoms. The highest BCUT2D eigenvalue weighted by Crippen LogP contribution is 2.42. The predicted molar refractivity (Wildman–Crippen MR) is 501 cm³/mol. The summed E-state index contributed by atoms with van der Waals surface area (Å²) < 4.78 is 0. The van der Waals surface area contributed by atoms with Crippen LogP contribution in [0.5, 0.6) is 0 Å². The lowest BCUT2D eigenvalue weighted by molar-refractivity contribution is 1.36. The first-order valence-corrected chi connectivity index (χ1v) is 46.4. The number of benzene rings is 16. The molecule has 0 nitrogen and oxygen atoms in total. The highest BCUT2D eigenvalue weighted by molar-refractivity contribution is 7.98. The molecule has 552 valence electrons. The molecular weight excluding hydrogens is 1490 g/mol. The SMILES string of the molecule is c1cc2ccc1CSCc1ccc(cc1)-c1cc3cc(c1)-c1ccc(cc1)CSCc1ccc(cc1)-c1cc4cc(c1)-c1ccc(cc1)CSCc1ccc(cc1)-c1cc(cc(c1)-c1ccc(cc1)CSCc1ccc-3cc1)-c1ccc(cc1)CSCc1ccc(cc1)-c1cc-2cc(c1)-c1ccc(cc1)CSCc1ccc-4cc1. The molecule has 0 saturated carbocycles. The van der Waals surface area contributed by atoms with E-state index in [1.54, 1.807) is 0 Å². The number of thioether (sulfide) groups is 6. The van der Waals surface area contributed by atoms with E-state index in [1.165, 1.54) is 200 Å². The first-order valence-electron chi connectivity index (χ1n) is 39.5. The van der Waals surface area contributed by atoms with Gasteiger partial charge in [-0.1, -0.05) is 291 Å². The van der Waals surface area contributed by atoms with E-state index in [0.717, 1.165) is 69.0 Å². The Balaban J connectivity index is 0.720. The van der Waals surface area contributed by atoms with E-state index in [2.05, 4.69) is 364 Å². The van der Waals surface area contributed by atoms with Crippen molar-refractivity contribution in [2.75, 3.05) is 0 Å². The van der Waals surface area contributed by atoms with Crippen LogP contribution in [-0.4, -0.2) is 0 Å².